The molecule has 0 spiro atoms. The van der Waals surface area contributed by atoms with Gasteiger partial charge in [0, 0.05) is 42.0 Å². The largest absolute Gasteiger partial charge is 0.372 e. The molecule has 0 saturated heterocycles. The summed E-state index contributed by atoms with van der Waals surface area (Å²) < 4.78 is 7.23. The average Bonchev–Trinajstić information content (AvgIpc) is 3.41. The van der Waals surface area contributed by atoms with E-state index in [-0.39, 0.29) is 12.5 Å². The molecule has 1 aliphatic rings. The molecular formula is C23H25N7O2. The SMILES string of the molecule is CCN(CC)c1ccc(C(=O)NCc2nnc3cc(-c4nc(C5CC5)no4)ccn23)cc1. The van der Waals surface area contributed by atoms with Crippen molar-refractivity contribution in [2.24, 2.45) is 0 Å². The summed E-state index contributed by atoms with van der Waals surface area (Å²) in [6, 6.07) is 11.4. The normalized spacial score (nSPS) is 13.4. The molecule has 1 amide bonds. The Morgan fingerprint density at radius 1 is 1.16 bits per heavy atom. The second kappa shape index (κ2) is 8.41. The summed E-state index contributed by atoms with van der Waals surface area (Å²) in [7, 11) is 0. The highest BCUT2D eigenvalue weighted by Crippen LogP contribution is 2.38. The molecule has 1 N–H and O–H groups in total. The number of amides is 1. The quantitative estimate of drug-likeness (QED) is 0.456. The highest BCUT2D eigenvalue weighted by atomic mass is 16.5. The smallest absolute Gasteiger partial charge is 0.258 e. The van der Waals surface area contributed by atoms with Gasteiger partial charge in [-0.2, -0.15) is 4.98 Å². The van der Waals surface area contributed by atoms with Gasteiger partial charge in [0.05, 0.1) is 6.54 Å². The molecule has 1 aliphatic carbocycles. The lowest BCUT2D eigenvalue weighted by Crippen LogP contribution is -2.24. The summed E-state index contributed by atoms with van der Waals surface area (Å²) in [5.41, 5.74) is 3.17. The lowest BCUT2D eigenvalue weighted by atomic mass is 10.2. The lowest BCUT2D eigenvalue weighted by molar-refractivity contribution is 0.0950. The van der Waals surface area contributed by atoms with Gasteiger partial charge >= 0.3 is 0 Å². The Labute approximate surface area is 185 Å². The third-order valence-corrected chi connectivity index (χ3v) is 5.78. The van der Waals surface area contributed by atoms with Crippen LogP contribution in [0.5, 0.6) is 0 Å². The van der Waals surface area contributed by atoms with Crippen molar-refractivity contribution in [3.8, 4) is 11.5 Å². The first-order valence-corrected chi connectivity index (χ1v) is 11.0. The number of hydrogen-bond acceptors (Lipinski definition) is 7. The summed E-state index contributed by atoms with van der Waals surface area (Å²) in [4.78, 5) is 19.3. The second-order valence-corrected chi connectivity index (χ2v) is 7.89. The van der Waals surface area contributed by atoms with Gasteiger partial charge in [-0.3, -0.25) is 9.20 Å². The zero-order chi connectivity index (χ0) is 22.1. The van der Waals surface area contributed by atoms with Crippen LogP contribution < -0.4 is 10.2 Å². The molecule has 164 valence electrons. The summed E-state index contributed by atoms with van der Waals surface area (Å²) in [6.07, 6.45) is 4.10. The lowest BCUT2D eigenvalue weighted by Gasteiger charge is -2.21. The number of pyridine rings is 1. The van der Waals surface area contributed by atoms with Crippen LogP contribution in [0.1, 0.15) is 54.6 Å². The summed E-state index contributed by atoms with van der Waals surface area (Å²) in [5, 5.41) is 15.4. The molecule has 0 unspecified atom stereocenters. The molecule has 1 fully saturated rings. The van der Waals surface area contributed by atoms with Crippen LogP contribution in [0.4, 0.5) is 5.69 Å². The molecule has 32 heavy (non-hydrogen) atoms. The Morgan fingerprint density at radius 2 is 1.94 bits per heavy atom. The molecule has 9 heteroatoms. The first-order valence-electron chi connectivity index (χ1n) is 11.0. The Morgan fingerprint density at radius 3 is 2.66 bits per heavy atom. The van der Waals surface area contributed by atoms with E-state index in [0.29, 0.717) is 28.8 Å². The van der Waals surface area contributed by atoms with Crippen molar-refractivity contribution in [3.05, 3.63) is 59.8 Å². The van der Waals surface area contributed by atoms with Crippen molar-refractivity contribution < 1.29 is 9.32 Å². The molecule has 5 rings (SSSR count). The highest BCUT2D eigenvalue weighted by molar-refractivity contribution is 5.94. The van der Waals surface area contributed by atoms with Gasteiger partial charge in [-0.25, -0.2) is 0 Å². The Kier molecular flexibility index (Phi) is 5.30. The number of carbonyl (C=O) groups is 1. The first kappa shape index (κ1) is 20.2. The topological polar surface area (TPSA) is 101 Å². The van der Waals surface area contributed by atoms with Crippen LogP contribution in [0.2, 0.25) is 0 Å². The van der Waals surface area contributed by atoms with Gasteiger partial charge in [0.25, 0.3) is 11.8 Å². The van der Waals surface area contributed by atoms with Crippen molar-refractivity contribution in [1.82, 2.24) is 30.1 Å². The van der Waals surface area contributed by atoms with Crippen LogP contribution in [0.3, 0.4) is 0 Å². The van der Waals surface area contributed by atoms with Gasteiger partial charge < -0.3 is 14.7 Å². The van der Waals surface area contributed by atoms with E-state index < -0.39 is 0 Å². The molecule has 0 bridgehead atoms. The van der Waals surface area contributed by atoms with Gasteiger partial charge in [0.1, 0.15) is 0 Å². The fraction of sp³-hybridized carbons (Fsp3) is 0.348. The van der Waals surface area contributed by atoms with E-state index in [4.69, 9.17) is 4.52 Å². The van der Waals surface area contributed by atoms with Crippen LogP contribution in [-0.4, -0.2) is 43.7 Å². The molecule has 0 radical (unpaired) electrons. The van der Waals surface area contributed by atoms with Crippen molar-refractivity contribution in [1.29, 1.82) is 0 Å². The number of nitrogens with zero attached hydrogens (tertiary/aromatic N) is 6. The van der Waals surface area contributed by atoms with Crippen molar-refractivity contribution in [2.45, 2.75) is 39.2 Å². The molecule has 3 heterocycles. The van der Waals surface area contributed by atoms with E-state index in [1.807, 2.05) is 47.0 Å². The number of carbonyl (C=O) groups excluding carboxylic acids is 1. The van der Waals surface area contributed by atoms with E-state index in [9.17, 15) is 4.79 Å². The van der Waals surface area contributed by atoms with Crippen LogP contribution in [0.15, 0.2) is 47.1 Å². The molecule has 3 aromatic heterocycles. The zero-order valence-electron chi connectivity index (χ0n) is 18.2. The van der Waals surface area contributed by atoms with Crippen LogP contribution in [0, 0.1) is 0 Å². The maximum Gasteiger partial charge on any atom is 0.258 e. The van der Waals surface area contributed by atoms with Gasteiger partial charge in [0.15, 0.2) is 17.3 Å². The average molecular weight is 432 g/mol. The van der Waals surface area contributed by atoms with Gasteiger partial charge in [-0.15, -0.1) is 10.2 Å². The maximum absolute atomic E-state index is 12.6. The van der Waals surface area contributed by atoms with Crippen LogP contribution >= 0.6 is 0 Å². The minimum absolute atomic E-state index is 0.150. The zero-order valence-corrected chi connectivity index (χ0v) is 18.2. The highest BCUT2D eigenvalue weighted by Gasteiger charge is 2.29. The molecular weight excluding hydrogens is 406 g/mol. The monoisotopic (exact) mass is 431 g/mol. The van der Waals surface area contributed by atoms with E-state index in [1.54, 1.807) is 0 Å². The second-order valence-electron chi connectivity index (χ2n) is 7.89. The minimum Gasteiger partial charge on any atom is -0.372 e. The van der Waals surface area contributed by atoms with Crippen molar-refractivity contribution in [2.75, 3.05) is 18.0 Å². The molecule has 1 aromatic carbocycles. The van der Waals surface area contributed by atoms with Crippen LogP contribution in [-0.2, 0) is 6.54 Å². The Balaban J connectivity index is 1.26. The number of nitrogens with one attached hydrogen (secondary N) is 1. The molecule has 1 saturated carbocycles. The number of hydrogen-bond donors (Lipinski definition) is 1. The summed E-state index contributed by atoms with van der Waals surface area (Å²) >= 11 is 0. The standard InChI is InChI=1S/C23H25N7O2/c1-3-29(4-2)18-9-7-16(8-10-18)22(31)24-14-20-27-26-19-13-17(11-12-30(19)20)23-25-21(28-32-23)15-5-6-15/h7-13,15H,3-6,14H2,1-2H3,(H,24,31). The Bertz CT molecular complexity index is 1240. The molecule has 0 atom stereocenters. The van der Waals surface area contributed by atoms with Gasteiger partial charge in [0.2, 0.25) is 0 Å². The van der Waals surface area contributed by atoms with E-state index in [0.717, 1.165) is 43.0 Å². The number of fused-ring (bicyclic) bond motifs is 1. The third-order valence-electron chi connectivity index (χ3n) is 5.78. The molecule has 4 aromatic rings. The number of rotatable bonds is 8. The van der Waals surface area contributed by atoms with Crippen LogP contribution in [0.25, 0.3) is 17.1 Å². The Hall–Kier alpha value is -3.75. The predicted octanol–water partition coefficient (Wildman–Crippen LogP) is 3.43. The number of anilines is 1. The van der Waals surface area contributed by atoms with E-state index >= 15 is 0 Å². The van der Waals surface area contributed by atoms with Gasteiger partial charge in [-0.1, -0.05) is 5.16 Å². The van der Waals surface area contributed by atoms with Gasteiger partial charge in [-0.05, 0) is 63.1 Å². The summed E-state index contributed by atoms with van der Waals surface area (Å²) in [5.74, 6) is 2.19. The predicted molar refractivity (Wildman–Crippen MR) is 119 cm³/mol. The maximum atomic E-state index is 12.6. The van der Waals surface area contributed by atoms with Crippen molar-refractivity contribution >= 4 is 17.2 Å². The first-order chi connectivity index (χ1) is 15.7. The minimum atomic E-state index is -0.150. The molecule has 9 nitrogen and oxygen atoms in total. The fourth-order valence-electron chi connectivity index (χ4n) is 3.73. The van der Waals surface area contributed by atoms with Crippen molar-refractivity contribution in [3.63, 3.8) is 0 Å². The molecule has 0 aliphatic heterocycles. The summed E-state index contributed by atoms with van der Waals surface area (Å²) in [6.45, 7) is 6.35. The number of benzene rings is 1. The number of aromatic nitrogens is 5. The fourth-order valence-corrected chi connectivity index (χ4v) is 3.73. The van der Waals surface area contributed by atoms with E-state index in [2.05, 4.69) is 44.4 Å². The third kappa shape index (κ3) is 3.93. The van der Waals surface area contributed by atoms with E-state index in [1.165, 1.54) is 0 Å².